The molecule has 1 aromatic heterocycles. The molecule has 2 heteroatoms. The molecule has 0 saturated carbocycles. The third-order valence-electron chi connectivity index (χ3n) is 2.33. The van der Waals surface area contributed by atoms with Crippen LogP contribution < -0.4 is 5.56 Å². The number of aryl methyl sites for hydroxylation is 1. The second kappa shape index (κ2) is 2.53. The Kier molecular flexibility index (Phi) is 1.85. The summed E-state index contributed by atoms with van der Waals surface area (Å²) in [6.07, 6.45) is 0. The van der Waals surface area contributed by atoms with Gasteiger partial charge in [-0.25, -0.2) is 0 Å². The van der Waals surface area contributed by atoms with Crippen LogP contribution in [-0.4, -0.2) is 4.98 Å². The second-order valence-electron chi connectivity index (χ2n) is 2.95. The Labute approximate surface area is 66.3 Å². The highest BCUT2D eigenvalue weighted by atomic mass is 16.1. The summed E-state index contributed by atoms with van der Waals surface area (Å²) in [6, 6.07) is 0. The number of pyridine rings is 1. The molecule has 0 aliphatic heterocycles. The van der Waals surface area contributed by atoms with Crippen molar-refractivity contribution >= 4 is 0 Å². The third kappa shape index (κ3) is 1.20. The quantitative estimate of drug-likeness (QED) is 0.600. The lowest BCUT2D eigenvalue weighted by Crippen LogP contribution is -2.14. The average Bonchev–Trinajstić information content (AvgIpc) is 1.97. The highest BCUT2D eigenvalue weighted by Crippen LogP contribution is 2.09. The molecule has 0 radical (unpaired) electrons. The molecule has 0 amide bonds. The molecule has 1 N–H and O–H groups in total. The Morgan fingerprint density at radius 1 is 0.909 bits per heavy atom. The molecule has 0 bridgehead atoms. The topological polar surface area (TPSA) is 32.9 Å². The summed E-state index contributed by atoms with van der Waals surface area (Å²) in [7, 11) is 0. The first kappa shape index (κ1) is 8.05. The van der Waals surface area contributed by atoms with Crippen molar-refractivity contribution < 1.29 is 0 Å². The molecule has 0 fully saturated rings. The molecule has 0 aliphatic carbocycles. The van der Waals surface area contributed by atoms with Crippen LogP contribution in [0.1, 0.15) is 22.4 Å². The molecule has 0 unspecified atom stereocenters. The van der Waals surface area contributed by atoms with E-state index in [1.807, 2.05) is 27.7 Å². The van der Waals surface area contributed by atoms with E-state index in [2.05, 4.69) is 4.98 Å². The van der Waals surface area contributed by atoms with Gasteiger partial charge in [0, 0.05) is 11.3 Å². The predicted molar refractivity (Wildman–Crippen MR) is 46.0 cm³/mol. The lowest BCUT2D eigenvalue weighted by atomic mass is 10.1. The van der Waals surface area contributed by atoms with Crippen LogP contribution in [-0.2, 0) is 0 Å². The van der Waals surface area contributed by atoms with Gasteiger partial charge in [-0.2, -0.15) is 0 Å². The number of nitrogens with one attached hydrogen (secondary N) is 1. The molecule has 0 aliphatic rings. The van der Waals surface area contributed by atoms with Gasteiger partial charge in [-0.05, 0) is 38.8 Å². The molecule has 1 heterocycles. The molecule has 1 aromatic rings. The zero-order valence-corrected chi connectivity index (χ0v) is 7.41. The number of rotatable bonds is 0. The molecule has 0 atom stereocenters. The Morgan fingerprint density at radius 2 is 1.45 bits per heavy atom. The summed E-state index contributed by atoms with van der Waals surface area (Å²) < 4.78 is 0. The fourth-order valence-electron chi connectivity index (χ4n) is 1.09. The van der Waals surface area contributed by atoms with Gasteiger partial charge in [-0.3, -0.25) is 4.79 Å². The van der Waals surface area contributed by atoms with Crippen LogP contribution in [0.15, 0.2) is 4.79 Å². The summed E-state index contributed by atoms with van der Waals surface area (Å²) in [5.74, 6) is 0. The van der Waals surface area contributed by atoms with Crippen LogP contribution >= 0.6 is 0 Å². The summed E-state index contributed by atoms with van der Waals surface area (Å²) in [5.41, 5.74) is 4.12. The van der Waals surface area contributed by atoms with E-state index in [-0.39, 0.29) is 5.56 Å². The first-order valence-corrected chi connectivity index (χ1v) is 3.70. The zero-order chi connectivity index (χ0) is 8.59. The third-order valence-corrected chi connectivity index (χ3v) is 2.33. The fraction of sp³-hybridized carbons (Fsp3) is 0.444. The van der Waals surface area contributed by atoms with E-state index in [1.54, 1.807) is 0 Å². The van der Waals surface area contributed by atoms with Crippen molar-refractivity contribution in [3.8, 4) is 0 Å². The van der Waals surface area contributed by atoms with Crippen molar-refractivity contribution in [3.63, 3.8) is 0 Å². The molecule has 60 valence electrons. The minimum absolute atomic E-state index is 0.0330. The number of hydrogen-bond donors (Lipinski definition) is 1. The standard InChI is InChI=1S/C9H13NO/c1-5-6(2)8(4)10-9(11)7(5)3/h1-4H3,(H,10,11). The molecule has 1 rings (SSSR count). The Balaban J connectivity index is 3.59. The van der Waals surface area contributed by atoms with Gasteiger partial charge in [0.2, 0.25) is 0 Å². The summed E-state index contributed by atoms with van der Waals surface area (Å²) in [5, 5.41) is 0. The van der Waals surface area contributed by atoms with Crippen molar-refractivity contribution in [2.45, 2.75) is 27.7 Å². The molecule has 11 heavy (non-hydrogen) atoms. The lowest BCUT2D eigenvalue weighted by molar-refractivity contribution is 1.04. The first-order valence-electron chi connectivity index (χ1n) is 3.70. The van der Waals surface area contributed by atoms with Crippen LogP contribution in [0.4, 0.5) is 0 Å². The van der Waals surface area contributed by atoms with Gasteiger partial charge in [0.05, 0.1) is 0 Å². The minimum atomic E-state index is 0.0330. The van der Waals surface area contributed by atoms with Crippen LogP contribution in [0.2, 0.25) is 0 Å². The maximum absolute atomic E-state index is 11.2. The van der Waals surface area contributed by atoms with Gasteiger partial charge in [-0.15, -0.1) is 0 Å². The molecule has 0 aromatic carbocycles. The fourth-order valence-corrected chi connectivity index (χ4v) is 1.09. The van der Waals surface area contributed by atoms with Crippen molar-refractivity contribution in [1.29, 1.82) is 0 Å². The van der Waals surface area contributed by atoms with Crippen LogP contribution in [0.25, 0.3) is 0 Å². The largest absolute Gasteiger partial charge is 0.326 e. The van der Waals surface area contributed by atoms with E-state index in [0.29, 0.717) is 0 Å². The SMILES string of the molecule is Cc1[nH]c(=O)c(C)c(C)c1C. The van der Waals surface area contributed by atoms with Crippen molar-refractivity contribution in [1.82, 2.24) is 4.98 Å². The van der Waals surface area contributed by atoms with Gasteiger partial charge in [0.25, 0.3) is 5.56 Å². The Morgan fingerprint density at radius 3 is 2.00 bits per heavy atom. The minimum Gasteiger partial charge on any atom is -0.326 e. The Hall–Kier alpha value is -1.05. The number of H-pyrrole nitrogens is 1. The van der Waals surface area contributed by atoms with Gasteiger partial charge in [0.15, 0.2) is 0 Å². The first-order chi connectivity index (χ1) is 5.04. The van der Waals surface area contributed by atoms with Gasteiger partial charge >= 0.3 is 0 Å². The number of aromatic nitrogens is 1. The molecular weight excluding hydrogens is 138 g/mol. The Bertz CT molecular complexity index is 336. The maximum Gasteiger partial charge on any atom is 0.251 e. The van der Waals surface area contributed by atoms with E-state index in [1.165, 1.54) is 5.56 Å². The molecule has 0 spiro atoms. The van der Waals surface area contributed by atoms with Gasteiger partial charge in [0.1, 0.15) is 0 Å². The van der Waals surface area contributed by atoms with Crippen LogP contribution in [0.3, 0.4) is 0 Å². The van der Waals surface area contributed by atoms with Crippen molar-refractivity contribution in [3.05, 3.63) is 32.7 Å². The lowest BCUT2D eigenvalue weighted by Gasteiger charge is -2.05. The number of hydrogen-bond acceptors (Lipinski definition) is 1. The van der Waals surface area contributed by atoms with Crippen molar-refractivity contribution in [2.24, 2.45) is 0 Å². The van der Waals surface area contributed by atoms with Gasteiger partial charge in [-0.1, -0.05) is 0 Å². The summed E-state index contributed by atoms with van der Waals surface area (Å²) in [6.45, 7) is 7.77. The maximum atomic E-state index is 11.2. The normalized spacial score (nSPS) is 10.2. The van der Waals surface area contributed by atoms with Gasteiger partial charge < -0.3 is 4.98 Å². The molecule has 0 saturated heterocycles. The summed E-state index contributed by atoms with van der Waals surface area (Å²) >= 11 is 0. The highest BCUT2D eigenvalue weighted by molar-refractivity contribution is 5.32. The van der Waals surface area contributed by atoms with E-state index < -0.39 is 0 Å². The smallest absolute Gasteiger partial charge is 0.251 e. The predicted octanol–water partition coefficient (Wildman–Crippen LogP) is 1.61. The monoisotopic (exact) mass is 151 g/mol. The van der Waals surface area contributed by atoms with Crippen LogP contribution in [0.5, 0.6) is 0 Å². The average molecular weight is 151 g/mol. The molecule has 2 nitrogen and oxygen atoms in total. The number of aromatic amines is 1. The van der Waals surface area contributed by atoms with E-state index in [9.17, 15) is 4.79 Å². The zero-order valence-electron chi connectivity index (χ0n) is 7.41. The van der Waals surface area contributed by atoms with Crippen molar-refractivity contribution in [2.75, 3.05) is 0 Å². The van der Waals surface area contributed by atoms with Crippen LogP contribution in [0, 0.1) is 27.7 Å². The van der Waals surface area contributed by atoms with E-state index in [4.69, 9.17) is 0 Å². The summed E-state index contributed by atoms with van der Waals surface area (Å²) in [4.78, 5) is 13.9. The second-order valence-corrected chi connectivity index (χ2v) is 2.95. The molecular formula is C9H13NO. The highest BCUT2D eigenvalue weighted by Gasteiger charge is 2.03. The van der Waals surface area contributed by atoms with E-state index in [0.717, 1.165) is 16.8 Å². The van der Waals surface area contributed by atoms with E-state index >= 15 is 0 Å².